The molecule has 1 unspecified atom stereocenters. The Morgan fingerprint density at radius 3 is 3.00 bits per heavy atom. The van der Waals surface area contributed by atoms with Crippen LogP contribution in [0, 0.1) is 0 Å². The van der Waals surface area contributed by atoms with Gasteiger partial charge in [-0.2, -0.15) is 0 Å². The van der Waals surface area contributed by atoms with Crippen molar-refractivity contribution < 1.29 is 9.53 Å². The predicted molar refractivity (Wildman–Crippen MR) is 71.9 cm³/mol. The van der Waals surface area contributed by atoms with Gasteiger partial charge in [-0.05, 0) is 43.7 Å². The first kappa shape index (κ1) is 12.8. The number of rotatable bonds is 2. The van der Waals surface area contributed by atoms with E-state index in [-0.39, 0.29) is 11.7 Å². The number of nitrogens with two attached hydrogens (primary N) is 1. The van der Waals surface area contributed by atoms with E-state index in [9.17, 15) is 4.79 Å². The molecule has 0 saturated carbocycles. The predicted octanol–water partition coefficient (Wildman–Crippen LogP) is 1.58. The SMILES string of the molecule is NC1(C(=O)C2CCCc3cccnc32)CCOCC1. The molecule has 4 heteroatoms. The molecule has 3 rings (SSSR count). The summed E-state index contributed by atoms with van der Waals surface area (Å²) < 4.78 is 5.32. The number of aromatic nitrogens is 1. The third-order valence-electron chi connectivity index (χ3n) is 4.39. The fraction of sp³-hybridized carbons (Fsp3) is 0.600. The van der Waals surface area contributed by atoms with E-state index in [1.165, 1.54) is 5.56 Å². The Morgan fingerprint density at radius 1 is 1.42 bits per heavy atom. The molecule has 1 saturated heterocycles. The normalized spacial score (nSPS) is 25.6. The van der Waals surface area contributed by atoms with Gasteiger partial charge < -0.3 is 10.5 Å². The number of carbonyl (C=O) groups excluding carboxylic acids is 1. The molecule has 0 bridgehead atoms. The van der Waals surface area contributed by atoms with Gasteiger partial charge in [0.15, 0.2) is 5.78 Å². The van der Waals surface area contributed by atoms with Crippen molar-refractivity contribution in [1.29, 1.82) is 0 Å². The van der Waals surface area contributed by atoms with E-state index in [0.29, 0.717) is 26.1 Å². The summed E-state index contributed by atoms with van der Waals surface area (Å²) in [5.41, 5.74) is 7.78. The van der Waals surface area contributed by atoms with Crippen molar-refractivity contribution in [2.45, 2.75) is 43.6 Å². The van der Waals surface area contributed by atoms with Crippen LogP contribution in [-0.4, -0.2) is 29.5 Å². The Bertz CT molecular complexity index is 481. The number of hydrogen-bond donors (Lipinski definition) is 1. The number of hydrogen-bond acceptors (Lipinski definition) is 4. The molecule has 19 heavy (non-hydrogen) atoms. The van der Waals surface area contributed by atoms with Gasteiger partial charge in [-0.25, -0.2) is 0 Å². The minimum Gasteiger partial charge on any atom is -0.381 e. The average molecular weight is 260 g/mol. The highest BCUT2D eigenvalue weighted by molar-refractivity contribution is 5.94. The number of nitrogens with zero attached hydrogens (tertiary/aromatic N) is 1. The Hall–Kier alpha value is -1.26. The van der Waals surface area contributed by atoms with Gasteiger partial charge in [0.05, 0.1) is 17.2 Å². The van der Waals surface area contributed by atoms with Crippen LogP contribution in [0.15, 0.2) is 18.3 Å². The number of pyridine rings is 1. The lowest BCUT2D eigenvalue weighted by molar-refractivity contribution is -0.129. The molecule has 2 aliphatic rings. The summed E-state index contributed by atoms with van der Waals surface area (Å²) in [6.07, 6.45) is 5.98. The molecular formula is C15H20N2O2. The number of carbonyl (C=O) groups is 1. The van der Waals surface area contributed by atoms with Crippen LogP contribution >= 0.6 is 0 Å². The van der Waals surface area contributed by atoms with Gasteiger partial charge in [0.1, 0.15) is 0 Å². The fourth-order valence-electron chi connectivity index (χ4n) is 3.19. The van der Waals surface area contributed by atoms with Crippen LogP contribution in [0.1, 0.15) is 42.9 Å². The monoisotopic (exact) mass is 260 g/mol. The van der Waals surface area contributed by atoms with E-state index >= 15 is 0 Å². The summed E-state index contributed by atoms with van der Waals surface area (Å²) >= 11 is 0. The second-order valence-corrected chi connectivity index (χ2v) is 5.63. The molecule has 2 heterocycles. The smallest absolute Gasteiger partial charge is 0.161 e. The number of Topliss-reactive ketones (excluding diaryl/α,β-unsaturated/α-hetero) is 1. The van der Waals surface area contributed by atoms with E-state index in [4.69, 9.17) is 10.5 Å². The van der Waals surface area contributed by atoms with Crippen LogP contribution in [0.5, 0.6) is 0 Å². The van der Waals surface area contributed by atoms with Crippen molar-refractivity contribution >= 4 is 5.78 Å². The lowest BCUT2D eigenvalue weighted by Crippen LogP contribution is -2.54. The Morgan fingerprint density at radius 2 is 2.21 bits per heavy atom. The van der Waals surface area contributed by atoms with E-state index in [2.05, 4.69) is 11.1 Å². The standard InChI is InChI=1S/C15H20N2O2/c16-15(6-9-19-10-7-15)14(18)12-5-1-3-11-4-2-8-17-13(11)12/h2,4,8,12H,1,3,5-7,9-10,16H2. The van der Waals surface area contributed by atoms with Gasteiger partial charge in [-0.1, -0.05) is 6.07 Å². The van der Waals surface area contributed by atoms with Crippen molar-refractivity contribution in [3.05, 3.63) is 29.6 Å². The highest BCUT2D eigenvalue weighted by atomic mass is 16.5. The third-order valence-corrected chi connectivity index (χ3v) is 4.39. The molecule has 1 atom stereocenters. The minimum absolute atomic E-state index is 0.118. The Kier molecular flexibility index (Phi) is 3.37. The molecule has 0 amide bonds. The number of fused-ring (bicyclic) bond motifs is 1. The molecular weight excluding hydrogens is 240 g/mol. The van der Waals surface area contributed by atoms with Crippen molar-refractivity contribution in [2.24, 2.45) is 5.73 Å². The number of ether oxygens (including phenoxy) is 1. The minimum atomic E-state index is -0.713. The lowest BCUT2D eigenvalue weighted by Gasteiger charge is -2.36. The first-order chi connectivity index (χ1) is 9.21. The number of aryl methyl sites for hydroxylation is 1. The van der Waals surface area contributed by atoms with Crippen molar-refractivity contribution in [2.75, 3.05) is 13.2 Å². The van der Waals surface area contributed by atoms with Gasteiger partial charge in [-0.3, -0.25) is 9.78 Å². The van der Waals surface area contributed by atoms with E-state index in [1.54, 1.807) is 6.20 Å². The van der Waals surface area contributed by atoms with Gasteiger partial charge >= 0.3 is 0 Å². The van der Waals surface area contributed by atoms with Gasteiger partial charge in [0.25, 0.3) is 0 Å². The molecule has 1 aromatic rings. The highest BCUT2D eigenvalue weighted by Gasteiger charge is 2.41. The molecule has 102 valence electrons. The van der Waals surface area contributed by atoms with Gasteiger partial charge in [0.2, 0.25) is 0 Å². The molecule has 0 radical (unpaired) electrons. The second kappa shape index (κ2) is 5.02. The molecule has 4 nitrogen and oxygen atoms in total. The van der Waals surface area contributed by atoms with Crippen molar-refractivity contribution in [3.8, 4) is 0 Å². The maximum atomic E-state index is 12.8. The van der Waals surface area contributed by atoms with Crippen LogP contribution in [0.4, 0.5) is 0 Å². The zero-order chi connectivity index (χ0) is 13.3. The van der Waals surface area contributed by atoms with Crippen LogP contribution in [0.3, 0.4) is 0 Å². The molecule has 1 fully saturated rings. The topological polar surface area (TPSA) is 65.2 Å². The summed E-state index contributed by atoms with van der Waals surface area (Å²) in [5.74, 6) is 0.0449. The van der Waals surface area contributed by atoms with Crippen molar-refractivity contribution in [1.82, 2.24) is 4.98 Å². The first-order valence-corrected chi connectivity index (χ1v) is 7.05. The van der Waals surface area contributed by atoms with E-state index in [0.717, 1.165) is 25.0 Å². The molecule has 1 aliphatic heterocycles. The van der Waals surface area contributed by atoms with Crippen LogP contribution in [0.25, 0.3) is 0 Å². The molecule has 0 aromatic carbocycles. The molecule has 2 N–H and O–H groups in total. The zero-order valence-electron chi connectivity index (χ0n) is 11.1. The molecule has 1 aromatic heterocycles. The maximum absolute atomic E-state index is 12.8. The third kappa shape index (κ3) is 2.30. The average Bonchev–Trinajstić information content (AvgIpc) is 2.47. The lowest BCUT2D eigenvalue weighted by atomic mass is 9.74. The van der Waals surface area contributed by atoms with Gasteiger partial charge in [-0.15, -0.1) is 0 Å². The molecule has 1 aliphatic carbocycles. The fourth-order valence-corrected chi connectivity index (χ4v) is 3.19. The molecule has 0 spiro atoms. The number of ketones is 1. The zero-order valence-corrected chi connectivity index (χ0v) is 11.1. The Labute approximate surface area is 113 Å². The van der Waals surface area contributed by atoms with Gasteiger partial charge in [0, 0.05) is 19.4 Å². The van der Waals surface area contributed by atoms with E-state index < -0.39 is 5.54 Å². The summed E-state index contributed by atoms with van der Waals surface area (Å²) in [6, 6.07) is 4.02. The first-order valence-electron chi connectivity index (χ1n) is 7.05. The summed E-state index contributed by atoms with van der Waals surface area (Å²) in [4.78, 5) is 17.3. The van der Waals surface area contributed by atoms with Crippen molar-refractivity contribution in [3.63, 3.8) is 0 Å². The summed E-state index contributed by atoms with van der Waals surface area (Å²) in [6.45, 7) is 1.17. The summed E-state index contributed by atoms with van der Waals surface area (Å²) in [7, 11) is 0. The maximum Gasteiger partial charge on any atom is 0.161 e. The Balaban J connectivity index is 1.88. The van der Waals surface area contributed by atoms with Crippen LogP contribution < -0.4 is 5.73 Å². The van der Waals surface area contributed by atoms with E-state index in [1.807, 2.05) is 6.07 Å². The second-order valence-electron chi connectivity index (χ2n) is 5.63. The summed E-state index contributed by atoms with van der Waals surface area (Å²) in [5, 5.41) is 0. The largest absolute Gasteiger partial charge is 0.381 e. The van der Waals surface area contributed by atoms with Crippen LogP contribution in [-0.2, 0) is 16.0 Å². The quantitative estimate of drug-likeness (QED) is 0.876. The van der Waals surface area contributed by atoms with Crippen LogP contribution in [0.2, 0.25) is 0 Å². The highest BCUT2D eigenvalue weighted by Crippen LogP contribution is 2.35.